The summed E-state index contributed by atoms with van der Waals surface area (Å²) in [5, 5.41) is 2.20. The van der Waals surface area contributed by atoms with E-state index in [1.807, 2.05) is 0 Å². The second-order valence-corrected chi connectivity index (χ2v) is 4.61. The van der Waals surface area contributed by atoms with Crippen LogP contribution in [0, 0.1) is 0 Å². The van der Waals surface area contributed by atoms with Gasteiger partial charge in [-0.3, -0.25) is 4.79 Å². The van der Waals surface area contributed by atoms with Gasteiger partial charge in [0.2, 0.25) is 6.41 Å². The zero-order valence-electron chi connectivity index (χ0n) is 10.4. The normalized spacial score (nSPS) is 11.2. The first-order valence-corrected chi connectivity index (χ1v) is 6.79. The highest BCUT2D eigenvalue weighted by molar-refractivity contribution is 6.18. The van der Waals surface area contributed by atoms with E-state index in [0.717, 1.165) is 6.07 Å². The molecule has 0 radical (unpaired) electrons. The molecule has 0 bridgehead atoms. The molecule has 0 unspecified atom stereocenters. The van der Waals surface area contributed by atoms with Gasteiger partial charge >= 0.3 is 6.18 Å². The summed E-state index contributed by atoms with van der Waals surface area (Å²) in [6.45, 7) is 0.496. The predicted octanol–water partition coefficient (Wildman–Crippen LogP) is 3.56. The van der Waals surface area contributed by atoms with Crippen LogP contribution in [0.5, 0.6) is 0 Å². The third kappa shape index (κ3) is 4.45. The number of carbonyl (C=O) groups excluding carboxylic acids is 1. The number of anilines is 2. The Hall–Kier alpha value is -1.14. The number of benzene rings is 1. The van der Waals surface area contributed by atoms with Crippen LogP contribution in [0.4, 0.5) is 24.5 Å². The summed E-state index contributed by atoms with van der Waals surface area (Å²) in [5.41, 5.74) is -0.761. The van der Waals surface area contributed by atoms with Gasteiger partial charge in [-0.25, -0.2) is 0 Å². The van der Waals surface area contributed by atoms with Crippen molar-refractivity contribution in [1.82, 2.24) is 0 Å². The van der Waals surface area contributed by atoms with Crippen molar-refractivity contribution in [3.05, 3.63) is 23.8 Å². The molecule has 0 saturated carbocycles. The van der Waals surface area contributed by atoms with E-state index in [0.29, 0.717) is 6.41 Å². The molecule has 0 aliphatic heterocycles. The fraction of sp³-hybridized carbons (Fsp3) is 0.417. The van der Waals surface area contributed by atoms with Crippen LogP contribution in [0.3, 0.4) is 0 Å². The topological polar surface area (TPSA) is 32.3 Å². The number of amides is 1. The SMILES string of the molecule is O=CNc1ccc(N(CCCl)CCCl)c(C(F)(F)F)c1. The van der Waals surface area contributed by atoms with Crippen molar-refractivity contribution >= 4 is 41.0 Å². The van der Waals surface area contributed by atoms with E-state index in [4.69, 9.17) is 23.2 Å². The van der Waals surface area contributed by atoms with Crippen molar-refractivity contribution in [2.45, 2.75) is 6.18 Å². The van der Waals surface area contributed by atoms with Gasteiger partial charge in [-0.05, 0) is 18.2 Å². The van der Waals surface area contributed by atoms with Gasteiger partial charge in [0.05, 0.1) is 5.56 Å². The molecular formula is C12H13Cl2F3N2O. The molecule has 0 spiro atoms. The van der Waals surface area contributed by atoms with Crippen molar-refractivity contribution in [2.24, 2.45) is 0 Å². The lowest BCUT2D eigenvalue weighted by molar-refractivity contribution is -0.137. The monoisotopic (exact) mass is 328 g/mol. The average molecular weight is 329 g/mol. The minimum absolute atomic E-state index is 0.00440. The zero-order chi connectivity index (χ0) is 15.2. The van der Waals surface area contributed by atoms with Crippen LogP contribution in [0.2, 0.25) is 0 Å². The molecule has 0 fully saturated rings. The Bertz CT molecular complexity index is 449. The Morgan fingerprint density at radius 3 is 2.25 bits per heavy atom. The lowest BCUT2D eigenvalue weighted by Gasteiger charge is -2.26. The van der Waals surface area contributed by atoms with Gasteiger partial charge in [0.15, 0.2) is 0 Å². The molecule has 3 nitrogen and oxygen atoms in total. The van der Waals surface area contributed by atoms with Crippen LogP contribution in [0.1, 0.15) is 5.56 Å². The standard InChI is InChI=1S/C12H13Cl2F3N2O/c13-3-5-19(6-4-14)11-2-1-9(18-8-20)7-10(11)12(15,16)17/h1-2,7-8H,3-6H2,(H,18,20). The molecule has 0 aromatic heterocycles. The number of halogens is 5. The molecule has 0 atom stereocenters. The number of nitrogens with one attached hydrogen (secondary N) is 1. The number of carbonyl (C=O) groups is 1. The van der Waals surface area contributed by atoms with Gasteiger partial charge in [0.25, 0.3) is 0 Å². The Morgan fingerprint density at radius 1 is 1.20 bits per heavy atom. The van der Waals surface area contributed by atoms with Crippen LogP contribution in [0.15, 0.2) is 18.2 Å². The number of rotatable bonds is 7. The molecule has 0 aliphatic carbocycles. The summed E-state index contributed by atoms with van der Waals surface area (Å²) in [7, 11) is 0. The minimum Gasteiger partial charge on any atom is -0.369 e. The molecule has 0 aliphatic rings. The third-order valence-electron chi connectivity index (χ3n) is 2.58. The first-order valence-electron chi connectivity index (χ1n) is 5.72. The van der Waals surface area contributed by atoms with E-state index < -0.39 is 11.7 Å². The highest BCUT2D eigenvalue weighted by Gasteiger charge is 2.35. The van der Waals surface area contributed by atoms with Gasteiger partial charge < -0.3 is 10.2 Å². The average Bonchev–Trinajstić information content (AvgIpc) is 2.38. The van der Waals surface area contributed by atoms with Crippen LogP contribution in [0.25, 0.3) is 0 Å². The van der Waals surface area contributed by atoms with Crippen molar-refractivity contribution in [2.75, 3.05) is 35.1 Å². The maximum absolute atomic E-state index is 13.1. The van der Waals surface area contributed by atoms with Gasteiger partial charge in [-0.1, -0.05) is 0 Å². The molecule has 112 valence electrons. The van der Waals surface area contributed by atoms with Crippen molar-refractivity contribution in [3.8, 4) is 0 Å². The summed E-state index contributed by atoms with van der Waals surface area (Å²) in [5.74, 6) is 0.366. The van der Waals surface area contributed by atoms with Crippen LogP contribution in [-0.2, 0) is 11.0 Å². The van der Waals surface area contributed by atoms with E-state index >= 15 is 0 Å². The molecule has 1 rings (SSSR count). The van der Waals surface area contributed by atoms with Gasteiger partial charge in [0, 0.05) is 36.2 Å². The summed E-state index contributed by atoms with van der Waals surface area (Å²) in [4.78, 5) is 11.8. The summed E-state index contributed by atoms with van der Waals surface area (Å²) < 4.78 is 39.3. The molecule has 1 amide bonds. The Kier molecular flexibility index (Phi) is 6.42. The molecule has 1 N–H and O–H groups in total. The van der Waals surface area contributed by atoms with Gasteiger partial charge in [0.1, 0.15) is 0 Å². The quantitative estimate of drug-likeness (QED) is 0.613. The van der Waals surface area contributed by atoms with Gasteiger partial charge in [-0.15, -0.1) is 23.2 Å². The fourth-order valence-corrected chi connectivity index (χ4v) is 2.16. The minimum atomic E-state index is -4.53. The molecule has 1 aromatic rings. The summed E-state index contributed by atoms with van der Waals surface area (Å²) in [6.07, 6.45) is -4.21. The molecule has 1 aromatic carbocycles. The molecule has 8 heteroatoms. The number of hydrogen-bond acceptors (Lipinski definition) is 2. The van der Waals surface area contributed by atoms with Crippen molar-refractivity contribution < 1.29 is 18.0 Å². The largest absolute Gasteiger partial charge is 0.418 e. The fourth-order valence-electron chi connectivity index (χ4n) is 1.75. The Morgan fingerprint density at radius 2 is 1.80 bits per heavy atom. The smallest absolute Gasteiger partial charge is 0.369 e. The lowest BCUT2D eigenvalue weighted by Crippen LogP contribution is -2.30. The zero-order valence-corrected chi connectivity index (χ0v) is 11.9. The van der Waals surface area contributed by atoms with E-state index in [9.17, 15) is 18.0 Å². The van der Waals surface area contributed by atoms with Gasteiger partial charge in [-0.2, -0.15) is 13.2 Å². The number of alkyl halides is 5. The maximum Gasteiger partial charge on any atom is 0.418 e. The Labute approximate surface area is 124 Å². The van der Waals surface area contributed by atoms with E-state index in [2.05, 4.69) is 5.32 Å². The predicted molar refractivity (Wildman–Crippen MR) is 74.8 cm³/mol. The van der Waals surface area contributed by atoms with E-state index in [1.54, 1.807) is 0 Å². The third-order valence-corrected chi connectivity index (χ3v) is 2.92. The second kappa shape index (κ2) is 7.59. The van der Waals surface area contributed by atoms with Crippen LogP contribution < -0.4 is 10.2 Å². The van der Waals surface area contributed by atoms with E-state index in [-0.39, 0.29) is 36.2 Å². The highest BCUT2D eigenvalue weighted by atomic mass is 35.5. The molecular weight excluding hydrogens is 316 g/mol. The lowest BCUT2D eigenvalue weighted by atomic mass is 10.1. The van der Waals surface area contributed by atoms with Crippen LogP contribution in [-0.4, -0.2) is 31.3 Å². The first kappa shape index (κ1) is 16.9. The molecule has 20 heavy (non-hydrogen) atoms. The maximum atomic E-state index is 13.1. The number of nitrogens with zero attached hydrogens (tertiary/aromatic N) is 1. The second-order valence-electron chi connectivity index (χ2n) is 3.86. The van der Waals surface area contributed by atoms with E-state index in [1.165, 1.54) is 17.0 Å². The summed E-state index contributed by atoms with van der Waals surface area (Å²) >= 11 is 11.2. The Balaban J connectivity index is 3.25. The van der Waals surface area contributed by atoms with Crippen LogP contribution >= 0.6 is 23.2 Å². The van der Waals surface area contributed by atoms with Crippen molar-refractivity contribution in [1.29, 1.82) is 0 Å². The molecule has 0 heterocycles. The first-order chi connectivity index (χ1) is 9.43. The highest BCUT2D eigenvalue weighted by Crippen LogP contribution is 2.38. The molecule has 0 saturated heterocycles. The number of hydrogen-bond donors (Lipinski definition) is 1. The summed E-state index contributed by atoms with van der Waals surface area (Å²) in [6, 6.07) is 3.58. The van der Waals surface area contributed by atoms with Crippen molar-refractivity contribution in [3.63, 3.8) is 0 Å².